The van der Waals surface area contributed by atoms with Gasteiger partial charge in [-0.3, -0.25) is 9.69 Å². The first-order valence-electron chi connectivity index (χ1n) is 5.83. The lowest BCUT2D eigenvalue weighted by atomic mass is 10.3. The van der Waals surface area contributed by atoms with Crippen LogP contribution in [-0.4, -0.2) is 50.1 Å². The highest BCUT2D eigenvalue weighted by Gasteiger charge is 2.14. The van der Waals surface area contributed by atoms with Crippen LogP contribution in [0.25, 0.3) is 0 Å². The maximum atomic E-state index is 11.9. The van der Waals surface area contributed by atoms with E-state index in [1.165, 1.54) is 11.3 Å². The van der Waals surface area contributed by atoms with Crippen LogP contribution in [0.1, 0.15) is 10.4 Å². The van der Waals surface area contributed by atoms with Crippen molar-refractivity contribution in [1.82, 2.24) is 15.5 Å². The van der Waals surface area contributed by atoms with Crippen LogP contribution in [-0.2, 0) is 0 Å². The van der Waals surface area contributed by atoms with Gasteiger partial charge in [-0.25, -0.2) is 0 Å². The molecule has 0 spiro atoms. The Morgan fingerprint density at radius 2 is 2.11 bits per heavy atom. The van der Waals surface area contributed by atoms with Gasteiger partial charge in [0.25, 0.3) is 5.91 Å². The Hall–Kier alpha value is 0.340. The van der Waals surface area contributed by atoms with Crippen molar-refractivity contribution in [1.29, 1.82) is 0 Å². The van der Waals surface area contributed by atoms with Gasteiger partial charge < -0.3 is 10.6 Å². The molecule has 2 heterocycles. The van der Waals surface area contributed by atoms with Gasteiger partial charge in [-0.15, -0.1) is 23.7 Å². The summed E-state index contributed by atoms with van der Waals surface area (Å²) in [6, 6.07) is 1.84. The van der Waals surface area contributed by atoms with Gasteiger partial charge in [-0.1, -0.05) is 0 Å². The Morgan fingerprint density at radius 3 is 2.68 bits per heavy atom. The molecule has 0 unspecified atom stereocenters. The monoisotopic (exact) mass is 431 g/mol. The zero-order valence-corrected chi connectivity index (χ0v) is 15.1. The topological polar surface area (TPSA) is 44.4 Å². The second-order valence-electron chi connectivity index (χ2n) is 4.09. The van der Waals surface area contributed by atoms with E-state index in [1.807, 2.05) is 6.07 Å². The molecule has 108 valence electrons. The Balaban J connectivity index is 0.00000180. The summed E-state index contributed by atoms with van der Waals surface area (Å²) in [6.45, 7) is 5.80. The number of carbonyl (C=O) groups excluding carboxylic acids is 1. The number of hydrogen-bond acceptors (Lipinski definition) is 4. The number of nitrogens with zero attached hydrogens (tertiary/aromatic N) is 1. The Morgan fingerprint density at radius 1 is 1.42 bits per heavy atom. The molecular formula is C11H16Br2ClN3OS. The molecule has 0 aromatic carbocycles. The van der Waals surface area contributed by atoms with Gasteiger partial charge in [0, 0.05) is 39.3 Å². The van der Waals surface area contributed by atoms with Crippen LogP contribution in [0.3, 0.4) is 0 Å². The zero-order valence-electron chi connectivity index (χ0n) is 10.2. The van der Waals surface area contributed by atoms with Crippen molar-refractivity contribution in [2.75, 3.05) is 39.3 Å². The van der Waals surface area contributed by atoms with E-state index in [0.29, 0.717) is 12.1 Å². The Labute approximate surface area is 140 Å². The van der Waals surface area contributed by atoms with Crippen LogP contribution in [0.4, 0.5) is 0 Å². The minimum absolute atomic E-state index is 0. The smallest absolute Gasteiger partial charge is 0.253 e. The molecule has 8 heteroatoms. The van der Waals surface area contributed by atoms with Crippen molar-refractivity contribution >= 4 is 61.5 Å². The molecule has 1 saturated heterocycles. The fourth-order valence-electron chi connectivity index (χ4n) is 1.85. The lowest BCUT2D eigenvalue weighted by molar-refractivity contribution is 0.0947. The molecular weight excluding hydrogens is 417 g/mol. The van der Waals surface area contributed by atoms with Gasteiger partial charge in [0.1, 0.15) is 0 Å². The minimum Gasteiger partial charge on any atom is -0.351 e. The molecule has 1 amide bonds. The Kier molecular flexibility index (Phi) is 7.86. The van der Waals surface area contributed by atoms with E-state index in [9.17, 15) is 4.79 Å². The third-order valence-electron chi connectivity index (χ3n) is 2.82. The van der Waals surface area contributed by atoms with Crippen LogP contribution in [0.15, 0.2) is 13.6 Å². The molecule has 1 aromatic heterocycles. The third kappa shape index (κ3) is 5.32. The predicted molar refractivity (Wildman–Crippen MR) is 88.6 cm³/mol. The van der Waals surface area contributed by atoms with Gasteiger partial charge in [0.05, 0.1) is 13.1 Å². The van der Waals surface area contributed by atoms with Crippen LogP contribution in [0.2, 0.25) is 0 Å². The third-order valence-corrected chi connectivity index (χ3v) is 5.16. The van der Waals surface area contributed by atoms with Crippen molar-refractivity contribution in [2.45, 2.75) is 0 Å². The minimum atomic E-state index is -0.0149. The summed E-state index contributed by atoms with van der Waals surface area (Å²) < 4.78 is 1.83. The van der Waals surface area contributed by atoms with E-state index in [0.717, 1.165) is 40.3 Å². The average molecular weight is 434 g/mol. The van der Waals surface area contributed by atoms with Gasteiger partial charge >= 0.3 is 0 Å². The van der Waals surface area contributed by atoms with E-state index in [4.69, 9.17) is 0 Å². The summed E-state index contributed by atoms with van der Waals surface area (Å²) in [4.78, 5) is 14.3. The second-order valence-corrected chi connectivity index (χ2v) is 7.83. The number of piperazine rings is 1. The molecule has 1 aromatic rings. The second kappa shape index (κ2) is 8.59. The van der Waals surface area contributed by atoms with Crippen LogP contribution in [0, 0.1) is 0 Å². The number of carbonyl (C=O) groups is 1. The normalized spacial score (nSPS) is 15.9. The van der Waals surface area contributed by atoms with Crippen molar-refractivity contribution < 1.29 is 4.79 Å². The molecule has 4 nitrogen and oxygen atoms in total. The predicted octanol–water partition coefficient (Wildman–Crippen LogP) is 2.33. The van der Waals surface area contributed by atoms with Crippen LogP contribution in [0.5, 0.6) is 0 Å². The van der Waals surface area contributed by atoms with Crippen LogP contribution < -0.4 is 10.6 Å². The number of rotatable bonds is 4. The number of amides is 1. The maximum Gasteiger partial charge on any atom is 0.253 e. The molecule has 2 N–H and O–H groups in total. The highest BCUT2D eigenvalue weighted by molar-refractivity contribution is 9.12. The molecule has 0 aliphatic carbocycles. The summed E-state index contributed by atoms with van der Waals surface area (Å²) >= 11 is 8.28. The first-order valence-corrected chi connectivity index (χ1v) is 8.23. The molecule has 0 atom stereocenters. The summed E-state index contributed by atoms with van der Waals surface area (Å²) in [6.07, 6.45) is 0. The van der Waals surface area contributed by atoms with E-state index < -0.39 is 0 Å². The summed E-state index contributed by atoms with van der Waals surface area (Å²) in [5, 5.41) is 6.27. The fraction of sp³-hybridized carbons (Fsp3) is 0.545. The van der Waals surface area contributed by atoms with E-state index >= 15 is 0 Å². The van der Waals surface area contributed by atoms with Crippen molar-refractivity contribution in [2.24, 2.45) is 0 Å². The van der Waals surface area contributed by atoms with Crippen molar-refractivity contribution in [3.05, 3.63) is 19.2 Å². The highest BCUT2D eigenvalue weighted by Crippen LogP contribution is 2.31. The molecule has 2 rings (SSSR count). The first-order chi connectivity index (χ1) is 8.66. The van der Waals surface area contributed by atoms with Crippen molar-refractivity contribution in [3.63, 3.8) is 0 Å². The lowest BCUT2D eigenvalue weighted by Crippen LogP contribution is -2.46. The molecule has 1 fully saturated rings. The lowest BCUT2D eigenvalue weighted by Gasteiger charge is -2.27. The molecule has 1 aliphatic heterocycles. The van der Waals surface area contributed by atoms with Gasteiger partial charge in [-0.2, -0.15) is 0 Å². The number of hydrogen-bond donors (Lipinski definition) is 2. The number of halogens is 3. The fourth-order valence-corrected chi connectivity index (χ4v) is 4.65. The van der Waals surface area contributed by atoms with E-state index in [-0.39, 0.29) is 18.3 Å². The number of thiophene rings is 1. The Bertz CT molecular complexity index is 424. The van der Waals surface area contributed by atoms with Gasteiger partial charge in [0.2, 0.25) is 0 Å². The SMILES string of the molecule is Cl.O=C(NCCN1CCNCC1)c1cc(Br)sc1Br. The van der Waals surface area contributed by atoms with Crippen molar-refractivity contribution in [3.8, 4) is 0 Å². The molecule has 0 bridgehead atoms. The van der Waals surface area contributed by atoms with Gasteiger partial charge in [-0.05, 0) is 37.9 Å². The first kappa shape index (κ1) is 17.4. The summed E-state index contributed by atoms with van der Waals surface area (Å²) in [5.74, 6) is -0.0149. The number of nitrogens with one attached hydrogen (secondary N) is 2. The average Bonchev–Trinajstić information content (AvgIpc) is 2.70. The molecule has 0 radical (unpaired) electrons. The maximum absolute atomic E-state index is 11.9. The van der Waals surface area contributed by atoms with Crippen LogP contribution >= 0.6 is 55.6 Å². The largest absolute Gasteiger partial charge is 0.351 e. The standard InChI is InChI=1S/C11H15Br2N3OS.ClH/c12-9-7-8(10(13)18-9)11(17)15-3-6-16-4-1-14-2-5-16;/h7,14H,1-6H2,(H,15,17);1H. The summed E-state index contributed by atoms with van der Waals surface area (Å²) in [7, 11) is 0. The molecule has 0 saturated carbocycles. The quantitative estimate of drug-likeness (QED) is 0.766. The molecule has 1 aliphatic rings. The molecule has 19 heavy (non-hydrogen) atoms. The van der Waals surface area contributed by atoms with Gasteiger partial charge in [0.15, 0.2) is 0 Å². The highest BCUT2D eigenvalue weighted by atomic mass is 79.9. The summed E-state index contributed by atoms with van der Waals surface area (Å²) in [5.41, 5.74) is 0.701. The zero-order chi connectivity index (χ0) is 13.0. The van der Waals surface area contributed by atoms with E-state index in [2.05, 4.69) is 47.4 Å². The van der Waals surface area contributed by atoms with E-state index in [1.54, 1.807) is 0 Å².